The van der Waals surface area contributed by atoms with Gasteiger partial charge in [0.2, 0.25) is 0 Å². The second-order valence-electron chi connectivity index (χ2n) is 7.53. The van der Waals surface area contributed by atoms with Gasteiger partial charge in [0.05, 0.1) is 5.69 Å². The Morgan fingerprint density at radius 3 is 2.24 bits per heavy atom. The summed E-state index contributed by atoms with van der Waals surface area (Å²) in [6.07, 6.45) is -5.23. The number of hydrogen-bond donors (Lipinski definition) is 0. The van der Waals surface area contributed by atoms with Crippen molar-refractivity contribution in [2.75, 3.05) is 11.4 Å². The second kappa shape index (κ2) is 9.43. The van der Waals surface area contributed by atoms with Crippen LogP contribution in [0.4, 0.5) is 23.7 Å². The van der Waals surface area contributed by atoms with Gasteiger partial charge >= 0.3 is 12.3 Å². The predicted molar refractivity (Wildman–Crippen MR) is 124 cm³/mol. The SMILES string of the molecule is CCN(C(=O)Oc1cccc(-n2nc(C(F)(F)F)c(-c3ccccc3)c2C)c1)c1ccccc1. The molecule has 0 saturated heterocycles. The molecular formula is C26H22F3N3O2. The zero-order valence-electron chi connectivity index (χ0n) is 18.6. The van der Waals surface area contributed by atoms with Gasteiger partial charge in [0.25, 0.3) is 0 Å². The van der Waals surface area contributed by atoms with Crippen molar-refractivity contribution in [3.05, 3.63) is 96.3 Å². The van der Waals surface area contributed by atoms with E-state index in [1.807, 2.05) is 25.1 Å². The molecule has 4 aromatic rings. The summed E-state index contributed by atoms with van der Waals surface area (Å²) in [5.74, 6) is 0.196. The quantitative estimate of drug-likeness (QED) is 0.322. The summed E-state index contributed by atoms with van der Waals surface area (Å²) in [5, 5.41) is 3.89. The van der Waals surface area contributed by atoms with Crippen molar-refractivity contribution in [2.24, 2.45) is 0 Å². The number of hydrogen-bond acceptors (Lipinski definition) is 3. The standard InChI is InChI=1S/C26H22F3N3O2/c1-3-31(20-13-8-5-9-14-20)25(33)34-22-16-10-15-21(17-22)32-18(2)23(19-11-6-4-7-12-19)24(30-32)26(27,28)29/h4-17H,3H2,1-2H3. The zero-order chi connectivity index (χ0) is 24.3. The molecular weight excluding hydrogens is 443 g/mol. The van der Waals surface area contributed by atoms with Crippen LogP contribution in [0.3, 0.4) is 0 Å². The number of benzene rings is 3. The molecule has 0 aliphatic carbocycles. The molecule has 4 rings (SSSR count). The Balaban J connectivity index is 1.69. The largest absolute Gasteiger partial charge is 0.435 e. The van der Waals surface area contributed by atoms with E-state index in [0.717, 1.165) is 0 Å². The number of para-hydroxylation sites is 1. The van der Waals surface area contributed by atoms with Gasteiger partial charge < -0.3 is 4.74 Å². The van der Waals surface area contributed by atoms with Crippen molar-refractivity contribution in [1.29, 1.82) is 0 Å². The summed E-state index contributed by atoms with van der Waals surface area (Å²) in [5.41, 5.74) is 0.801. The van der Waals surface area contributed by atoms with Crippen LogP contribution in [0.25, 0.3) is 16.8 Å². The van der Waals surface area contributed by atoms with Gasteiger partial charge in [0.15, 0.2) is 5.69 Å². The first kappa shape index (κ1) is 23.1. The molecule has 0 fully saturated rings. The molecule has 0 aliphatic heterocycles. The number of nitrogens with zero attached hydrogens (tertiary/aromatic N) is 3. The first-order valence-electron chi connectivity index (χ1n) is 10.7. The second-order valence-corrected chi connectivity index (χ2v) is 7.53. The Kier molecular flexibility index (Phi) is 6.40. The molecule has 34 heavy (non-hydrogen) atoms. The summed E-state index contributed by atoms with van der Waals surface area (Å²) >= 11 is 0. The lowest BCUT2D eigenvalue weighted by Gasteiger charge is -2.20. The van der Waals surface area contributed by atoms with Crippen molar-refractivity contribution < 1.29 is 22.7 Å². The number of aromatic nitrogens is 2. The summed E-state index contributed by atoms with van der Waals surface area (Å²) < 4.78 is 48.3. The minimum atomic E-state index is -4.64. The molecule has 0 aliphatic rings. The molecule has 0 spiro atoms. The van der Waals surface area contributed by atoms with E-state index in [1.54, 1.807) is 67.6 Å². The minimum Gasteiger partial charge on any atom is -0.410 e. The Labute approximate surface area is 195 Å². The van der Waals surface area contributed by atoms with Gasteiger partial charge in [0, 0.05) is 29.6 Å². The normalized spacial score (nSPS) is 11.3. The van der Waals surface area contributed by atoms with Crippen molar-refractivity contribution in [2.45, 2.75) is 20.0 Å². The van der Waals surface area contributed by atoms with Gasteiger partial charge in [-0.05, 0) is 43.7 Å². The molecule has 1 amide bonds. The first-order valence-corrected chi connectivity index (χ1v) is 10.7. The number of halogens is 3. The molecule has 3 aromatic carbocycles. The van der Waals surface area contributed by atoms with Gasteiger partial charge in [0.1, 0.15) is 5.75 Å². The minimum absolute atomic E-state index is 0.0109. The lowest BCUT2D eigenvalue weighted by Crippen LogP contribution is -2.33. The molecule has 0 atom stereocenters. The first-order chi connectivity index (χ1) is 16.3. The van der Waals surface area contributed by atoms with Crippen LogP contribution in [-0.2, 0) is 6.18 Å². The van der Waals surface area contributed by atoms with Crippen molar-refractivity contribution in [3.63, 3.8) is 0 Å². The van der Waals surface area contributed by atoms with Crippen LogP contribution in [0.15, 0.2) is 84.9 Å². The highest BCUT2D eigenvalue weighted by Crippen LogP contribution is 2.39. The summed E-state index contributed by atoms with van der Waals surface area (Å²) in [7, 11) is 0. The van der Waals surface area contributed by atoms with E-state index in [-0.39, 0.29) is 11.3 Å². The average Bonchev–Trinajstić information content (AvgIpc) is 3.18. The van der Waals surface area contributed by atoms with E-state index in [0.29, 0.717) is 29.2 Å². The molecule has 0 saturated carbocycles. The summed E-state index contributed by atoms with van der Waals surface area (Å²) in [6, 6.07) is 23.7. The highest BCUT2D eigenvalue weighted by molar-refractivity contribution is 5.89. The molecule has 5 nitrogen and oxygen atoms in total. The zero-order valence-corrected chi connectivity index (χ0v) is 18.6. The van der Waals surface area contributed by atoms with E-state index < -0.39 is 18.0 Å². The molecule has 0 radical (unpaired) electrons. The van der Waals surface area contributed by atoms with Crippen LogP contribution in [0, 0.1) is 6.92 Å². The smallest absolute Gasteiger partial charge is 0.410 e. The fourth-order valence-electron chi connectivity index (χ4n) is 3.76. The summed E-state index contributed by atoms with van der Waals surface area (Å²) in [4.78, 5) is 14.2. The number of amides is 1. The van der Waals surface area contributed by atoms with E-state index in [9.17, 15) is 18.0 Å². The number of alkyl halides is 3. The van der Waals surface area contributed by atoms with E-state index in [4.69, 9.17) is 4.74 Å². The number of ether oxygens (including phenoxy) is 1. The molecule has 0 unspecified atom stereocenters. The van der Waals surface area contributed by atoms with Gasteiger partial charge in [-0.15, -0.1) is 0 Å². The van der Waals surface area contributed by atoms with E-state index in [1.165, 1.54) is 15.6 Å². The highest BCUT2D eigenvalue weighted by atomic mass is 19.4. The molecule has 1 heterocycles. The van der Waals surface area contributed by atoms with Crippen molar-refractivity contribution in [3.8, 4) is 22.6 Å². The third kappa shape index (κ3) is 4.66. The van der Waals surface area contributed by atoms with E-state index >= 15 is 0 Å². The van der Waals surface area contributed by atoms with Crippen LogP contribution in [0.2, 0.25) is 0 Å². The third-order valence-electron chi connectivity index (χ3n) is 5.32. The summed E-state index contributed by atoms with van der Waals surface area (Å²) in [6.45, 7) is 3.79. The molecule has 8 heteroatoms. The van der Waals surface area contributed by atoms with Crippen LogP contribution in [-0.4, -0.2) is 22.4 Å². The van der Waals surface area contributed by atoms with Crippen LogP contribution < -0.4 is 9.64 Å². The number of rotatable bonds is 5. The average molecular weight is 465 g/mol. The van der Waals surface area contributed by atoms with Crippen molar-refractivity contribution in [1.82, 2.24) is 9.78 Å². The lowest BCUT2D eigenvalue weighted by atomic mass is 10.0. The lowest BCUT2D eigenvalue weighted by molar-refractivity contribution is -0.140. The van der Waals surface area contributed by atoms with Crippen LogP contribution in [0.5, 0.6) is 5.75 Å². The number of carbonyl (C=O) groups excluding carboxylic acids is 1. The van der Waals surface area contributed by atoms with Gasteiger partial charge in [-0.2, -0.15) is 18.3 Å². The van der Waals surface area contributed by atoms with Gasteiger partial charge in [-0.3, -0.25) is 4.90 Å². The Morgan fingerprint density at radius 2 is 1.62 bits per heavy atom. The van der Waals surface area contributed by atoms with Crippen LogP contribution >= 0.6 is 0 Å². The van der Waals surface area contributed by atoms with Crippen LogP contribution in [0.1, 0.15) is 18.3 Å². The predicted octanol–water partition coefficient (Wildman–Crippen LogP) is 6.89. The maximum Gasteiger partial charge on any atom is 0.435 e. The maximum atomic E-state index is 13.8. The molecule has 174 valence electrons. The van der Waals surface area contributed by atoms with E-state index in [2.05, 4.69) is 5.10 Å². The monoisotopic (exact) mass is 465 g/mol. The molecule has 0 bridgehead atoms. The Hall–Kier alpha value is -4.07. The van der Waals surface area contributed by atoms with Gasteiger partial charge in [-0.1, -0.05) is 54.6 Å². The maximum absolute atomic E-state index is 13.8. The van der Waals surface area contributed by atoms with Gasteiger partial charge in [-0.25, -0.2) is 9.48 Å². The third-order valence-corrected chi connectivity index (χ3v) is 5.32. The number of anilines is 1. The Morgan fingerprint density at radius 1 is 0.971 bits per heavy atom. The number of carbonyl (C=O) groups is 1. The Bertz CT molecular complexity index is 1290. The fraction of sp³-hybridized carbons (Fsp3) is 0.154. The molecule has 0 N–H and O–H groups in total. The topological polar surface area (TPSA) is 47.4 Å². The highest BCUT2D eigenvalue weighted by Gasteiger charge is 2.39. The fourth-order valence-corrected chi connectivity index (χ4v) is 3.76. The molecule has 1 aromatic heterocycles. The van der Waals surface area contributed by atoms with Crippen molar-refractivity contribution >= 4 is 11.8 Å².